The third-order valence-corrected chi connectivity index (χ3v) is 5.28. The van der Waals surface area contributed by atoms with E-state index in [0.717, 1.165) is 13.0 Å². The van der Waals surface area contributed by atoms with E-state index < -0.39 is 0 Å². The third-order valence-electron chi connectivity index (χ3n) is 4.16. The van der Waals surface area contributed by atoms with Crippen molar-refractivity contribution in [3.63, 3.8) is 0 Å². The first-order valence-corrected chi connectivity index (χ1v) is 7.48. The molecule has 1 aromatic heterocycles. The molecule has 2 aliphatic heterocycles. The predicted octanol–water partition coefficient (Wildman–Crippen LogP) is 1.89. The maximum atomic E-state index is 4.53. The van der Waals surface area contributed by atoms with Gasteiger partial charge >= 0.3 is 0 Å². The Morgan fingerprint density at radius 1 is 1.53 bits per heavy atom. The van der Waals surface area contributed by atoms with Crippen molar-refractivity contribution in [1.29, 1.82) is 0 Å². The minimum atomic E-state index is 0.588. The van der Waals surface area contributed by atoms with E-state index in [0.29, 0.717) is 5.41 Å². The van der Waals surface area contributed by atoms with Crippen LogP contribution in [0.1, 0.15) is 29.7 Å². The molecule has 3 rings (SSSR count). The molecule has 0 radical (unpaired) electrons. The van der Waals surface area contributed by atoms with Crippen LogP contribution in [0.3, 0.4) is 0 Å². The SMILES string of the molecule is CCc1cnc(CN2CCC3(CCNC3)C2)s1. The number of rotatable bonds is 3. The van der Waals surface area contributed by atoms with Crippen molar-refractivity contribution < 1.29 is 0 Å². The standard InChI is InChI=1S/C13H21N3S/c1-2-11-7-15-12(17-11)8-16-6-4-13(10-16)3-5-14-9-13/h7,14H,2-6,8-10H2,1H3. The lowest BCUT2D eigenvalue weighted by Crippen LogP contribution is -2.28. The zero-order chi connectivity index (χ0) is 11.7. The second-order valence-electron chi connectivity index (χ2n) is 5.46. The van der Waals surface area contributed by atoms with Crippen LogP contribution in [0.5, 0.6) is 0 Å². The van der Waals surface area contributed by atoms with Gasteiger partial charge in [0.2, 0.25) is 0 Å². The fraction of sp³-hybridized carbons (Fsp3) is 0.769. The van der Waals surface area contributed by atoms with Crippen LogP contribution in [-0.4, -0.2) is 36.1 Å². The van der Waals surface area contributed by atoms with Crippen LogP contribution in [-0.2, 0) is 13.0 Å². The summed E-state index contributed by atoms with van der Waals surface area (Å²) in [7, 11) is 0. The first-order chi connectivity index (χ1) is 8.30. The zero-order valence-corrected chi connectivity index (χ0v) is 11.4. The second kappa shape index (κ2) is 4.67. The van der Waals surface area contributed by atoms with Gasteiger partial charge in [0.05, 0.1) is 6.54 Å². The van der Waals surface area contributed by atoms with E-state index >= 15 is 0 Å². The Labute approximate surface area is 107 Å². The molecule has 0 saturated carbocycles. The molecule has 1 unspecified atom stereocenters. The largest absolute Gasteiger partial charge is 0.316 e. The zero-order valence-electron chi connectivity index (χ0n) is 10.5. The number of thiazole rings is 1. The third kappa shape index (κ3) is 2.39. The highest BCUT2D eigenvalue weighted by molar-refractivity contribution is 7.11. The first-order valence-electron chi connectivity index (χ1n) is 6.66. The topological polar surface area (TPSA) is 28.2 Å². The lowest BCUT2D eigenvalue weighted by molar-refractivity contribution is 0.268. The smallest absolute Gasteiger partial charge is 0.107 e. The lowest BCUT2D eigenvalue weighted by atomic mass is 9.87. The highest BCUT2D eigenvalue weighted by Gasteiger charge is 2.40. The van der Waals surface area contributed by atoms with Crippen LogP contribution in [0, 0.1) is 5.41 Å². The normalized spacial score (nSPS) is 29.5. The molecule has 0 amide bonds. The van der Waals surface area contributed by atoms with Gasteiger partial charge in [-0.25, -0.2) is 4.98 Å². The summed E-state index contributed by atoms with van der Waals surface area (Å²) in [6.07, 6.45) is 5.89. The molecule has 1 spiro atoms. The molecular formula is C13H21N3S. The Morgan fingerprint density at radius 3 is 3.18 bits per heavy atom. The van der Waals surface area contributed by atoms with Crippen molar-refractivity contribution in [3.8, 4) is 0 Å². The number of aryl methyl sites for hydroxylation is 1. The van der Waals surface area contributed by atoms with Gasteiger partial charge in [0.1, 0.15) is 5.01 Å². The average molecular weight is 251 g/mol. The van der Waals surface area contributed by atoms with E-state index in [9.17, 15) is 0 Å². The minimum Gasteiger partial charge on any atom is -0.316 e. The molecule has 1 atom stereocenters. The molecule has 94 valence electrons. The van der Waals surface area contributed by atoms with Gasteiger partial charge in [-0.05, 0) is 37.8 Å². The van der Waals surface area contributed by atoms with E-state index in [1.54, 1.807) is 0 Å². The van der Waals surface area contributed by atoms with Gasteiger partial charge < -0.3 is 5.32 Å². The van der Waals surface area contributed by atoms with Crippen LogP contribution in [0.4, 0.5) is 0 Å². The van der Waals surface area contributed by atoms with Gasteiger partial charge in [0, 0.05) is 24.2 Å². The number of nitrogens with zero attached hydrogens (tertiary/aromatic N) is 2. The molecule has 0 aliphatic carbocycles. The number of nitrogens with one attached hydrogen (secondary N) is 1. The van der Waals surface area contributed by atoms with E-state index in [2.05, 4.69) is 22.1 Å². The minimum absolute atomic E-state index is 0.588. The van der Waals surface area contributed by atoms with Gasteiger partial charge in [-0.3, -0.25) is 4.90 Å². The maximum Gasteiger partial charge on any atom is 0.107 e. The Kier molecular flexibility index (Phi) is 3.19. The van der Waals surface area contributed by atoms with Crippen molar-refractivity contribution in [2.75, 3.05) is 26.2 Å². The van der Waals surface area contributed by atoms with E-state index in [4.69, 9.17) is 0 Å². The van der Waals surface area contributed by atoms with E-state index in [1.807, 2.05) is 17.5 Å². The Balaban J connectivity index is 1.59. The number of hydrogen-bond acceptors (Lipinski definition) is 4. The summed E-state index contributed by atoms with van der Waals surface area (Å²) in [5, 5.41) is 4.81. The number of likely N-dealkylation sites (tertiary alicyclic amines) is 1. The molecule has 2 saturated heterocycles. The molecule has 1 aromatic rings. The van der Waals surface area contributed by atoms with Crippen LogP contribution < -0.4 is 5.32 Å². The summed E-state index contributed by atoms with van der Waals surface area (Å²) in [6.45, 7) is 8.22. The highest BCUT2D eigenvalue weighted by atomic mass is 32.1. The summed E-state index contributed by atoms with van der Waals surface area (Å²) in [5.74, 6) is 0. The Morgan fingerprint density at radius 2 is 2.47 bits per heavy atom. The van der Waals surface area contributed by atoms with Crippen molar-refractivity contribution >= 4 is 11.3 Å². The molecule has 4 heteroatoms. The van der Waals surface area contributed by atoms with E-state index in [-0.39, 0.29) is 0 Å². The average Bonchev–Trinajstić information content (AvgIpc) is 3.03. The summed E-state index contributed by atoms with van der Waals surface area (Å²) >= 11 is 1.88. The van der Waals surface area contributed by atoms with Gasteiger partial charge in [0.15, 0.2) is 0 Å². The second-order valence-corrected chi connectivity index (χ2v) is 6.66. The molecule has 1 N–H and O–H groups in total. The molecule has 0 aromatic carbocycles. The quantitative estimate of drug-likeness (QED) is 0.889. The number of hydrogen-bond donors (Lipinski definition) is 1. The molecule has 0 bridgehead atoms. The van der Waals surface area contributed by atoms with Crippen LogP contribution >= 0.6 is 11.3 Å². The van der Waals surface area contributed by atoms with E-state index in [1.165, 1.54) is 48.9 Å². The van der Waals surface area contributed by atoms with Gasteiger partial charge in [-0.15, -0.1) is 11.3 Å². The lowest BCUT2D eigenvalue weighted by Gasteiger charge is -2.22. The molecule has 2 fully saturated rings. The van der Waals surface area contributed by atoms with Gasteiger partial charge in [0.25, 0.3) is 0 Å². The van der Waals surface area contributed by atoms with Crippen LogP contribution in [0.15, 0.2) is 6.20 Å². The monoisotopic (exact) mass is 251 g/mol. The summed E-state index contributed by atoms with van der Waals surface area (Å²) < 4.78 is 0. The highest BCUT2D eigenvalue weighted by Crippen LogP contribution is 2.36. The fourth-order valence-electron chi connectivity index (χ4n) is 3.08. The molecule has 3 nitrogen and oxygen atoms in total. The van der Waals surface area contributed by atoms with Crippen LogP contribution in [0.25, 0.3) is 0 Å². The van der Waals surface area contributed by atoms with Crippen molar-refractivity contribution in [1.82, 2.24) is 15.2 Å². The summed E-state index contributed by atoms with van der Waals surface area (Å²) in [4.78, 5) is 8.53. The number of aromatic nitrogens is 1. The summed E-state index contributed by atoms with van der Waals surface area (Å²) in [6, 6.07) is 0. The predicted molar refractivity (Wildman–Crippen MR) is 71.3 cm³/mol. The Hall–Kier alpha value is -0.450. The molecule has 3 heterocycles. The maximum absolute atomic E-state index is 4.53. The first kappa shape index (κ1) is 11.6. The Bertz CT molecular complexity index is 382. The van der Waals surface area contributed by atoms with Gasteiger partial charge in [-0.2, -0.15) is 0 Å². The van der Waals surface area contributed by atoms with Crippen molar-refractivity contribution in [2.24, 2.45) is 5.41 Å². The van der Waals surface area contributed by atoms with Crippen molar-refractivity contribution in [2.45, 2.75) is 32.7 Å². The summed E-state index contributed by atoms with van der Waals surface area (Å²) in [5.41, 5.74) is 0.588. The molecule has 17 heavy (non-hydrogen) atoms. The van der Waals surface area contributed by atoms with Crippen LogP contribution in [0.2, 0.25) is 0 Å². The fourth-order valence-corrected chi connectivity index (χ4v) is 3.99. The molecule has 2 aliphatic rings. The molecular weight excluding hydrogens is 230 g/mol. The van der Waals surface area contributed by atoms with Gasteiger partial charge in [-0.1, -0.05) is 6.92 Å². The van der Waals surface area contributed by atoms with Crippen molar-refractivity contribution in [3.05, 3.63) is 16.1 Å².